The van der Waals surface area contributed by atoms with Gasteiger partial charge in [0, 0.05) is 37.9 Å². The van der Waals surface area contributed by atoms with E-state index >= 15 is 0 Å². The van der Waals surface area contributed by atoms with Gasteiger partial charge >= 0.3 is 0 Å². The number of rotatable bonds is 8. The fourth-order valence-corrected chi connectivity index (χ4v) is 5.49. The Morgan fingerprint density at radius 2 is 1.51 bits per heavy atom. The summed E-state index contributed by atoms with van der Waals surface area (Å²) in [5.74, 6) is 2.12. The topological polar surface area (TPSA) is 94.1 Å². The van der Waals surface area contributed by atoms with Gasteiger partial charge in [-0.25, -0.2) is 18.4 Å². The van der Waals surface area contributed by atoms with E-state index in [0.717, 1.165) is 17.5 Å². The number of sulfonamides is 1. The maximum absolute atomic E-state index is 13.1. The molecule has 0 spiro atoms. The number of aromatic nitrogens is 2. The lowest BCUT2D eigenvalue weighted by Crippen LogP contribution is -2.49. The second kappa shape index (κ2) is 10.5. The zero-order valence-corrected chi connectivity index (χ0v) is 21.2. The summed E-state index contributed by atoms with van der Waals surface area (Å²) in [5, 5.41) is 0. The lowest BCUT2D eigenvalue weighted by atomic mass is 10.1. The monoisotopic (exact) mass is 498 g/mol. The van der Waals surface area contributed by atoms with Gasteiger partial charge in [0.05, 0.1) is 31.9 Å². The second-order valence-corrected chi connectivity index (χ2v) is 9.98. The molecule has 0 amide bonds. The van der Waals surface area contributed by atoms with Gasteiger partial charge in [0.1, 0.15) is 0 Å². The molecule has 0 N–H and O–H groups in total. The van der Waals surface area contributed by atoms with Crippen LogP contribution < -0.4 is 19.1 Å². The first kappa shape index (κ1) is 24.7. The van der Waals surface area contributed by atoms with Crippen molar-refractivity contribution in [3.63, 3.8) is 0 Å². The average Bonchev–Trinajstić information content (AvgIpc) is 2.92. The summed E-state index contributed by atoms with van der Waals surface area (Å²) >= 11 is 0. The molecule has 0 atom stereocenters. The van der Waals surface area contributed by atoms with Crippen molar-refractivity contribution in [3.05, 3.63) is 54.2 Å². The zero-order chi connectivity index (χ0) is 25.0. The average molecular weight is 499 g/mol. The molecule has 35 heavy (non-hydrogen) atoms. The normalized spacial score (nSPS) is 14.6. The predicted octanol–water partition coefficient (Wildman–Crippen LogP) is 3.24. The lowest BCUT2D eigenvalue weighted by molar-refractivity contribution is 0.324. The van der Waals surface area contributed by atoms with E-state index in [1.165, 1.54) is 4.31 Å². The Balaban J connectivity index is 1.52. The van der Waals surface area contributed by atoms with Crippen LogP contribution in [0.25, 0.3) is 11.3 Å². The van der Waals surface area contributed by atoms with Crippen molar-refractivity contribution in [2.24, 2.45) is 0 Å². The zero-order valence-electron chi connectivity index (χ0n) is 20.4. The highest BCUT2D eigenvalue weighted by atomic mass is 32.2. The van der Waals surface area contributed by atoms with Gasteiger partial charge in [-0.05, 0) is 42.3 Å². The number of anilines is 1. The maximum atomic E-state index is 13.1. The molecule has 0 aliphatic carbocycles. The molecule has 1 saturated heterocycles. The summed E-state index contributed by atoms with van der Waals surface area (Å²) in [7, 11) is 1.15. The van der Waals surface area contributed by atoms with E-state index in [2.05, 4.69) is 4.98 Å². The standard InChI is InChI=1S/C25H30N4O5S/c1-5-18-6-8-20(9-7-18)35(30,31)29-14-12-28(13-15-29)25-26-11-10-21(27-25)19-16-22(32-2)24(34-4)23(17-19)33-3/h6-11,16-17H,5,12-15H2,1-4H3. The van der Waals surface area contributed by atoms with E-state index in [4.69, 9.17) is 19.2 Å². The van der Waals surface area contributed by atoms with Gasteiger partial charge in [-0.3, -0.25) is 0 Å². The largest absolute Gasteiger partial charge is 0.493 e. The molecule has 1 aliphatic rings. The van der Waals surface area contributed by atoms with Crippen LogP contribution in [-0.2, 0) is 16.4 Å². The third-order valence-corrected chi connectivity index (χ3v) is 8.01. The van der Waals surface area contributed by atoms with Crippen LogP contribution in [0.4, 0.5) is 5.95 Å². The van der Waals surface area contributed by atoms with Gasteiger partial charge in [0.2, 0.25) is 21.7 Å². The summed E-state index contributed by atoms with van der Waals surface area (Å²) in [5.41, 5.74) is 2.60. The molecule has 0 bridgehead atoms. The Kier molecular flexibility index (Phi) is 7.42. The highest BCUT2D eigenvalue weighted by molar-refractivity contribution is 7.89. The lowest BCUT2D eigenvalue weighted by Gasteiger charge is -2.34. The first-order chi connectivity index (χ1) is 16.9. The van der Waals surface area contributed by atoms with E-state index in [1.54, 1.807) is 39.7 Å². The minimum atomic E-state index is -3.54. The molecule has 186 valence electrons. The van der Waals surface area contributed by atoms with Crippen LogP contribution in [-0.4, -0.2) is 70.2 Å². The van der Waals surface area contributed by atoms with Crippen molar-refractivity contribution in [3.8, 4) is 28.5 Å². The number of hydrogen-bond acceptors (Lipinski definition) is 8. The van der Waals surface area contributed by atoms with E-state index in [9.17, 15) is 8.42 Å². The van der Waals surface area contributed by atoms with Crippen molar-refractivity contribution < 1.29 is 22.6 Å². The number of aryl methyl sites for hydroxylation is 1. The Morgan fingerprint density at radius 3 is 2.06 bits per heavy atom. The van der Waals surface area contributed by atoms with Crippen LogP contribution in [0.5, 0.6) is 17.2 Å². The molecule has 0 radical (unpaired) electrons. The van der Waals surface area contributed by atoms with Crippen molar-refractivity contribution in [1.29, 1.82) is 0 Å². The molecule has 2 aromatic carbocycles. The molecule has 2 heterocycles. The third kappa shape index (κ3) is 5.03. The van der Waals surface area contributed by atoms with Crippen LogP contribution in [0.3, 0.4) is 0 Å². The van der Waals surface area contributed by atoms with Gasteiger partial charge in [-0.2, -0.15) is 4.31 Å². The minimum absolute atomic E-state index is 0.323. The number of nitrogens with zero attached hydrogens (tertiary/aromatic N) is 4. The molecule has 4 rings (SSSR count). The highest BCUT2D eigenvalue weighted by Gasteiger charge is 2.29. The number of hydrogen-bond donors (Lipinski definition) is 0. The predicted molar refractivity (Wildman–Crippen MR) is 134 cm³/mol. The van der Waals surface area contributed by atoms with Crippen LogP contribution in [0, 0.1) is 0 Å². The van der Waals surface area contributed by atoms with Gasteiger partial charge in [0.25, 0.3) is 0 Å². The Hall–Kier alpha value is -3.37. The van der Waals surface area contributed by atoms with Crippen LogP contribution in [0.1, 0.15) is 12.5 Å². The Bertz CT molecular complexity index is 1250. The molecule has 0 saturated carbocycles. The third-order valence-electron chi connectivity index (χ3n) is 6.09. The fraction of sp³-hybridized carbons (Fsp3) is 0.360. The van der Waals surface area contributed by atoms with Gasteiger partial charge in [-0.1, -0.05) is 19.1 Å². The summed E-state index contributed by atoms with van der Waals surface area (Å²) in [6.45, 7) is 3.74. The summed E-state index contributed by atoms with van der Waals surface area (Å²) in [6, 6.07) is 12.6. The molecule has 1 aromatic heterocycles. The summed E-state index contributed by atoms with van der Waals surface area (Å²) < 4.78 is 44.0. The quantitative estimate of drug-likeness (QED) is 0.467. The highest BCUT2D eigenvalue weighted by Crippen LogP contribution is 2.41. The van der Waals surface area contributed by atoms with Crippen molar-refractivity contribution in [2.75, 3.05) is 52.4 Å². The summed E-state index contributed by atoms with van der Waals surface area (Å²) in [6.07, 6.45) is 2.56. The first-order valence-electron chi connectivity index (χ1n) is 11.4. The van der Waals surface area contributed by atoms with Gasteiger partial charge in [-0.15, -0.1) is 0 Å². The molecule has 3 aromatic rings. The fourth-order valence-electron chi connectivity index (χ4n) is 4.07. The molecule has 10 heteroatoms. The Morgan fingerprint density at radius 1 is 0.886 bits per heavy atom. The van der Waals surface area contributed by atoms with E-state index in [1.807, 2.05) is 42.2 Å². The van der Waals surface area contributed by atoms with E-state index in [0.29, 0.717) is 60.0 Å². The first-order valence-corrected chi connectivity index (χ1v) is 12.8. The van der Waals surface area contributed by atoms with Gasteiger partial charge in [0.15, 0.2) is 11.5 Å². The van der Waals surface area contributed by atoms with Crippen LogP contribution in [0.15, 0.2) is 53.6 Å². The molecular formula is C25H30N4O5S. The number of piperazine rings is 1. The minimum Gasteiger partial charge on any atom is -0.493 e. The number of ether oxygens (including phenoxy) is 3. The molecule has 0 unspecified atom stereocenters. The Labute approximate surface area is 206 Å². The van der Waals surface area contributed by atoms with Crippen molar-refractivity contribution in [2.45, 2.75) is 18.2 Å². The number of methoxy groups -OCH3 is 3. The van der Waals surface area contributed by atoms with Crippen LogP contribution in [0.2, 0.25) is 0 Å². The molecule has 1 fully saturated rings. The van der Waals surface area contributed by atoms with Gasteiger partial charge < -0.3 is 19.1 Å². The van der Waals surface area contributed by atoms with Crippen LogP contribution >= 0.6 is 0 Å². The molecule has 9 nitrogen and oxygen atoms in total. The maximum Gasteiger partial charge on any atom is 0.243 e. The second-order valence-electron chi connectivity index (χ2n) is 8.04. The molecular weight excluding hydrogens is 468 g/mol. The van der Waals surface area contributed by atoms with E-state index in [-0.39, 0.29) is 0 Å². The SMILES string of the molecule is CCc1ccc(S(=O)(=O)N2CCN(c3nccc(-c4cc(OC)c(OC)c(OC)c4)n3)CC2)cc1. The number of benzene rings is 2. The van der Waals surface area contributed by atoms with Crippen molar-refractivity contribution in [1.82, 2.24) is 14.3 Å². The smallest absolute Gasteiger partial charge is 0.243 e. The van der Waals surface area contributed by atoms with Crippen molar-refractivity contribution >= 4 is 16.0 Å². The summed E-state index contributed by atoms with van der Waals surface area (Å²) in [4.78, 5) is 11.5. The van der Waals surface area contributed by atoms with E-state index < -0.39 is 10.0 Å². The molecule has 1 aliphatic heterocycles.